The lowest BCUT2D eigenvalue weighted by atomic mass is 10.0. The summed E-state index contributed by atoms with van der Waals surface area (Å²) in [6.45, 7) is 4.45. The summed E-state index contributed by atoms with van der Waals surface area (Å²) >= 11 is 0. The first-order valence-corrected chi connectivity index (χ1v) is 15.6. The van der Waals surface area contributed by atoms with Crippen LogP contribution in [0.3, 0.4) is 0 Å². The van der Waals surface area contributed by atoms with Gasteiger partial charge in [-0.25, -0.2) is 0 Å². The maximum Gasteiger partial charge on any atom is 0.306 e. The molecule has 1 atom stereocenters. The number of hydrogen-bond donors (Lipinski definition) is 1. The highest BCUT2D eigenvalue weighted by atomic mass is 16.5. The van der Waals surface area contributed by atoms with E-state index in [4.69, 9.17) is 9.84 Å². The van der Waals surface area contributed by atoms with Crippen LogP contribution in [0.5, 0.6) is 0 Å². The molecule has 4 heteroatoms. The Morgan fingerprint density at radius 1 is 0.579 bits per heavy atom. The number of hydrogen-bond acceptors (Lipinski definition) is 3. The zero-order chi connectivity index (χ0) is 27.9. The first-order chi connectivity index (χ1) is 18.6. The van der Waals surface area contributed by atoms with Gasteiger partial charge in [-0.15, -0.1) is 0 Å². The third-order valence-electron chi connectivity index (χ3n) is 6.55. The summed E-state index contributed by atoms with van der Waals surface area (Å²) in [6, 6.07) is 0. The zero-order valence-corrected chi connectivity index (χ0v) is 24.7. The number of esters is 1. The summed E-state index contributed by atoms with van der Waals surface area (Å²) in [4.78, 5) is 23.1. The third kappa shape index (κ3) is 28.5. The Morgan fingerprint density at radius 2 is 1.05 bits per heavy atom. The van der Waals surface area contributed by atoms with Crippen molar-refractivity contribution >= 4 is 11.9 Å². The molecule has 0 radical (unpaired) electrons. The minimum Gasteiger partial charge on any atom is -0.481 e. The molecule has 0 aromatic heterocycles. The van der Waals surface area contributed by atoms with E-state index in [0.29, 0.717) is 12.8 Å². The van der Waals surface area contributed by atoms with Gasteiger partial charge in [-0.3, -0.25) is 9.59 Å². The first-order valence-electron chi connectivity index (χ1n) is 15.6. The Morgan fingerprint density at radius 3 is 1.63 bits per heavy atom. The second kappa shape index (κ2) is 29.5. The lowest BCUT2D eigenvalue weighted by Gasteiger charge is -2.18. The highest BCUT2D eigenvalue weighted by molar-refractivity contribution is 5.69. The molecule has 1 unspecified atom stereocenters. The van der Waals surface area contributed by atoms with Crippen LogP contribution < -0.4 is 0 Å². The van der Waals surface area contributed by atoms with Crippen molar-refractivity contribution in [2.75, 3.05) is 0 Å². The van der Waals surface area contributed by atoms with E-state index in [0.717, 1.165) is 57.8 Å². The van der Waals surface area contributed by atoms with Gasteiger partial charge in [0.2, 0.25) is 0 Å². The number of carboxylic acids is 1. The molecule has 0 saturated carbocycles. The molecule has 0 bridgehead atoms. The van der Waals surface area contributed by atoms with Gasteiger partial charge in [0.1, 0.15) is 6.10 Å². The summed E-state index contributed by atoms with van der Waals surface area (Å²) in [7, 11) is 0. The molecule has 0 amide bonds. The average Bonchev–Trinajstić information content (AvgIpc) is 2.90. The van der Waals surface area contributed by atoms with Crippen LogP contribution >= 0.6 is 0 Å². The Kier molecular flexibility index (Phi) is 27.8. The molecule has 4 nitrogen and oxygen atoms in total. The van der Waals surface area contributed by atoms with Crippen LogP contribution in [-0.4, -0.2) is 23.1 Å². The zero-order valence-electron chi connectivity index (χ0n) is 24.7. The molecular weight excluding hydrogens is 472 g/mol. The smallest absolute Gasteiger partial charge is 0.306 e. The van der Waals surface area contributed by atoms with Crippen LogP contribution in [0, 0.1) is 0 Å². The molecule has 0 aliphatic rings. The van der Waals surface area contributed by atoms with E-state index in [-0.39, 0.29) is 18.5 Å². The predicted molar refractivity (Wildman–Crippen MR) is 162 cm³/mol. The van der Waals surface area contributed by atoms with Gasteiger partial charge >= 0.3 is 11.9 Å². The number of aliphatic carboxylic acids is 1. The largest absolute Gasteiger partial charge is 0.481 e. The second-order valence-electron chi connectivity index (χ2n) is 10.3. The van der Waals surface area contributed by atoms with Gasteiger partial charge in [-0.1, -0.05) is 107 Å². The van der Waals surface area contributed by atoms with E-state index in [1.165, 1.54) is 57.8 Å². The molecule has 0 rings (SSSR count). The van der Waals surface area contributed by atoms with Gasteiger partial charge in [0.05, 0.1) is 0 Å². The molecule has 218 valence electrons. The summed E-state index contributed by atoms with van der Waals surface area (Å²) in [5.74, 6) is -0.874. The van der Waals surface area contributed by atoms with E-state index in [1.807, 2.05) is 0 Å². The van der Waals surface area contributed by atoms with Crippen LogP contribution in [0.15, 0.2) is 48.6 Å². The molecule has 0 aliphatic carbocycles. The highest BCUT2D eigenvalue weighted by Gasteiger charge is 2.14. The maximum absolute atomic E-state index is 12.4. The van der Waals surface area contributed by atoms with E-state index < -0.39 is 5.97 Å². The number of carbonyl (C=O) groups excluding carboxylic acids is 1. The number of allylic oxidation sites excluding steroid dienone is 8. The van der Waals surface area contributed by atoms with Gasteiger partial charge < -0.3 is 9.84 Å². The van der Waals surface area contributed by atoms with Crippen molar-refractivity contribution in [2.45, 2.75) is 155 Å². The monoisotopic (exact) mass is 530 g/mol. The molecule has 0 saturated heterocycles. The van der Waals surface area contributed by atoms with Gasteiger partial charge in [0, 0.05) is 12.8 Å². The Balaban J connectivity index is 4.00. The summed E-state index contributed by atoms with van der Waals surface area (Å²) < 4.78 is 5.78. The van der Waals surface area contributed by atoms with Gasteiger partial charge in [0.15, 0.2) is 0 Å². The minimum absolute atomic E-state index is 0.0704. The van der Waals surface area contributed by atoms with Crippen LogP contribution in [0.25, 0.3) is 0 Å². The van der Waals surface area contributed by atoms with Crippen molar-refractivity contribution < 1.29 is 19.4 Å². The highest BCUT2D eigenvalue weighted by Crippen LogP contribution is 2.17. The molecule has 0 aromatic rings. The predicted octanol–water partition coefficient (Wildman–Crippen LogP) is 10.4. The number of carboxylic acid groups (broad SMARTS) is 1. The minimum atomic E-state index is -0.758. The molecule has 0 aromatic carbocycles. The van der Waals surface area contributed by atoms with Crippen LogP contribution in [0.2, 0.25) is 0 Å². The fourth-order valence-electron chi connectivity index (χ4n) is 4.23. The van der Waals surface area contributed by atoms with Gasteiger partial charge in [-0.2, -0.15) is 0 Å². The average molecular weight is 531 g/mol. The second-order valence-corrected chi connectivity index (χ2v) is 10.3. The quantitative estimate of drug-likeness (QED) is 0.0651. The third-order valence-corrected chi connectivity index (χ3v) is 6.55. The Labute approximate surface area is 234 Å². The van der Waals surface area contributed by atoms with Crippen molar-refractivity contribution in [3.05, 3.63) is 48.6 Å². The summed E-state index contributed by atoms with van der Waals surface area (Å²) in [6.07, 6.45) is 38.3. The molecule has 0 heterocycles. The Hall–Kier alpha value is -2.10. The fourth-order valence-corrected chi connectivity index (χ4v) is 4.23. The van der Waals surface area contributed by atoms with Crippen molar-refractivity contribution in [1.82, 2.24) is 0 Å². The van der Waals surface area contributed by atoms with E-state index in [1.54, 1.807) is 0 Å². The Bertz CT molecular complexity index is 659. The normalized spacial score (nSPS) is 12.9. The SMILES string of the molecule is CCCCC/C=C\C/C=C\C/C=C\C/C=C\CCCC(=O)OC(CCCCCCCC)CCCCC(=O)O. The molecule has 38 heavy (non-hydrogen) atoms. The van der Waals surface area contributed by atoms with Crippen molar-refractivity contribution in [3.63, 3.8) is 0 Å². The number of unbranched alkanes of at least 4 members (excludes halogenated alkanes) is 10. The first kappa shape index (κ1) is 35.9. The fraction of sp³-hybridized carbons (Fsp3) is 0.706. The van der Waals surface area contributed by atoms with Gasteiger partial charge in [0.25, 0.3) is 0 Å². The van der Waals surface area contributed by atoms with Crippen LogP contribution in [-0.2, 0) is 14.3 Å². The lowest BCUT2D eigenvalue weighted by Crippen LogP contribution is -2.18. The number of ether oxygens (including phenoxy) is 1. The van der Waals surface area contributed by atoms with E-state index >= 15 is 0 Å². The molecule has 0 fully saturated rings. The summed E-state index contributed by atoms with van der Waals surface area (Å²) in [5.41, 5.74) is 0. The van der Waals surface area contributed by atoms with Crippen molar-refractivity contribution in [3.8, 4) is 0 Å². The van der Waals surface area contributed by atoms with E-state index in [2.05, 4.69) is 62.5 Å². The topological polar surface area (TPSA) is 63.6 Å². The number of carbonyl (C=O) groups is 2. The van der Waals surface area contributed by atoms with Crippen LogP contribution in [0.1, 0.15) is 149 Å². The standard InChI is InChI=1S/C34H58O4/c1-3-5-7-9-11-12-13-14-15-16-17-18-19-20-21-23-25-31-34(37)38-32(29-26-27-30-33(35)36)28-24-22-10-8-6-4-2/h11-12,14-15,17-18,20-21,32H,3-10,13,16,19,22-31H2,1-2H3,(H,35,36)/b12-11-,15-14-,18-17-,21-20-. The number of rotatable bonds is 27. The van der Waals surface area contributed by atoms with Gasteiger partial charge in [-0.05, 0) is 77.0 Å². The molecule has 0 aliphatic heterocycles. The molecular formula is C34H58O4. The molecule has 1 N–H and O–H groups in total. The van der Waals surface area contributed by atoms with Crippen molar-refractivity contribution in [2.24, 2.45) is 0 Å². The lowest BCUT2D eigenvalue weighted by molar-refractivity contribution is -0.150. The summed E-state index contributed by atoms with van der Waals surface area (Å²) in [5, 5.41) is 8.84. The molecule has 0 spiro atoms. The van der Waals surface area contributed by atoms with Crippen molar-refractivity contribution in [1.29, 1.82) is 0 Å². The maximum atomic E-state index is 12.4. The van der Waals surface area contributed by atoms with Crippen LogP contribution in [0.4, 0.5) is 0 Å². The van der Waals surface area contributed by atoms with E-state index in [9.17, 15) is 9.59 Å².